The van der Waals surface area contributed by atoms with Gasteiger partial charge in [-0.15, -0.1) is 0 Å². The summed E-state index contributed by atoms with van der Waals surface area (Å²) in [6.45, 7) is 1.99. The maximum Gasteiger partial charge on any atom is 0.194 e. The van der Waals surface area contributed by atoms with E-state index in [9.17, 15) is 0 Å². The van der Waals surface area contributed by atoms with Crippen molar-refractivity contribution in [1.29, 1.82) is 0 Å². The molecule has 0 bridgehead atoms. The summed E-state index contributed by atoms with van der Waals surface area (Å²) >= 11 is 2.06. The minimum Gasteiger partial charge on any atom is -0.449 e. The Balaban J connectivity index is 1.86. The molecule has 1 aliphatic heterocycles. The van der Waals surface area contributed by atoms with Gasteiger partial charge in [-0.25, -0.2) is 4.98 Å². The summed E-state index contributed by atoms with van der Waals surface area (Å²) in [5.41, 5.74) is 6.73. The van der Waals surface area contributed by atoms with Crippen LogP contribution < -0.4 is 5.73 Å². The van der Waals surface area contributed by atoms with E-state index < -0.39 is 0 Å². The van der Waals surface area contributed by atoms with Crippen LogP contribution in [-0.2, 0) is 12.8 Å². The second-order valence-electron chi connectivity index (χ2n) is 4.67. The predicted molar refractivity (Wildman–Crippen MR) is 67.6 cm³/mol. The molecule has 1 atom stereocenters. The molecule has 2 heterocycles. The minimum atomic E-state index is 0.157. The summed E-state index contributed by atoms with van der Waals surface area (Å²) in [4.78, 5) is 4.49. The van der Waals surface area contributed by atoms with Gasteiger partial charge in [0.15, 0.2) is 5.89 Å². The second kappa shape index (κ2) is 5.73. The van der Waals surface area contributed by atoms with Crippen LogP contribution in [0.2, 0.25) is 0 Å². The van der Waals surface area contributed by atoms with E-state index in [0.717, 1.165) is 30.3 Å². The van der Waals surface area contributed by atoms with E-state index in [0.29, 0.717) is 0 Å². The Morgan fingerprint density at radius 2 is 2.31 bits per heavy atom. The molecule has 1 unspecified atom stereocenters. The Labute approximate surface area is 101 Å². The van der Waals surface area contributed by atoms with Gasteiger partial charge in [0, 0.05) is 18.9 Å². The van der Waals surface area contributed by atoms with Gasteiger partial charge in [0.2, 0.25) is 0 Å². The van der Waals surface area contributed by atoms with Crippen molar-refractivity contribution in [3.63, 3.8) is 0 Å². The molecule has 1 aliphatic rings. The van der Waals surface area contributed by atoms with Crippen molar-refractivity contribution in [2.75, 3.05) is 11.5 Å². The molecule has 1 fully saturated rings. The normalized spacial score (nSPS) is 19.9. The molecule has 1 aromatic rings. The maximum atomic E-state index is 5.73. The van der Waals surface area contributed by atoms with Crippen molar-refractivity contribution in [2.45, 2.75) is 38.6 Å². The molecular formula is C12H20N2OS. The lowest BCUT2D eigenvalue weighted by molar-refractivity contribution is 0.408. The summed E-state index contributed by atoms with van der Waals surface area (Å²) in [5.74, 6) is 4.24. The van der Waals surface area contributed by atoms with Gasteiger partial charge in [0.1, 0.15) is 6.26 Å². The molecule has 0 amide bonds. The minimum absolute atomic E-state index is 0.157. The number of aromatic nitrogens is 1. The van der Waals surface area contributed by atoms with Crippen LogP contribution in [0.4, 0.5) is 0 Å². The van der Waals surface area contributed by atoms with Crippen LogP contribution in [0, 0.1) is 5.92 Å². The standard InChI is InChI=1S/C12H20N2OS/c1-9(13)6-11-8-15-12(14-11)7-10-2-4-16-5-3-10/h8-10H,2-7,13H2,1H3. The molecule has 2 rings (SSSR count). The third kappa shape index (κ3) is 3.52. The molecule has 2 N–H and O–H groups in total. The van der Waals surface area contributed by atoms with Gasteiger partial charge in [-0.1, -0.05) is 0 Å². The molecule has 0 saturated carbocycles. The Morgan fingerprint density at radius 1 is 1.56 bits per heavy atom. The molecule has 3 nitrogen and oxygen atoms in total. The Bertz CT molecular complexity index is 319. The topological polar surface area (TPSA) is 52.0 Å². The molecule has 0 radical (unpaired) electrons. The first-order chi connectivity index (χ1) is 7.74. The Morgan fingerprint density at radius 3 is 3.00 bits per heavy atom. The predicted octanol–water partition coefficient (Wildman–Crippen LogP) is 2.25. The first kappa shape index (κ1) is 12.0. The van der Waals surface area contributed by atoms with E-state index in [1.54, 1.807) is 6.26 Å². The van der Waals surface area contributed by atoms with Crippen molar-refractivity contribution in [1.82, 2.24) is 4.98 Å². The van der Waals surface area contributed by atoms with Gasteiger partial charge in [0.25, 0.3) is 0 Å². The molecule has 1 aromatic heterocycles. The number of hydrogen-bond donors (Lipinski definition) is 1. The first-order valence-corrected chi connectivity index (χ1v) is 7.16. The fraction of sp³-hybridized carbons (Fsp3) is 0.750. The number of thioether (sulfide) groups is 1. The maximum absolute atomic E-state index is 5.73. The zero-order chi connectivity index (χ0) is 11.4. The third-order valence-electron chi connectivity index (χ3n) is 2.93. The van der Waals surface area contributed by atoms with E-state index in [1.807, 2.05) is 6.92 Å². The highest BCUT2D eigenvalue weighted by Gasteiger charge is 2.17. The van der Waals surface area contributed by atoms with Gasteiger partial charge in [0.05, 0.1) is 5.69 Å². The number of oxazole rings is 1. The lowest BCUT2D eigenvalue weighted by Gasteiger charge is -2.19. The summed E-state index contributed by atoms with van der Waals surface area (Å²) in [6, 6.07) is 0.157. The van der Waals surface area contributed by atoms with Crippen LogP contribution in [-0.4, -0.2) is 22.5 Å². The Kier molecular flexibility index (Phi) is 4.29. The average Bonchev–Trinajstić information content (AvgIpc) is 2.66. The molecule has 4 heteroatoms. The number of hydrogen-bond acceptors (Lipinski definition) is 4. The molecule has 16 heavy (non-hydrogen) atoms. The number of nitrogens with two attached hydrogens (primary N) is 1. The summed E-state index contributed by atoms with van der Waals surface area (Å²) in [5, 5.41) is 0. The Hall–Kier alpha value is -0.480. The van der Waals surface area contributed by atoms with E-state index in [4.69, 9.17) is 10.2 Å². The highest BCUT2D eigenvalue weighted by Crippen LogP contribution is 2.25. The smallest absolute Gasteiger partial charge is 0.194 e. The van der Waals surface area contributed by atoms with Crippen LogP contribution in [0.3, 0.4) is 0 Å². The first-order valence-electron chi connectivity index (χ1n) is 6.00. The van der Waals surface area contributed by atoms with Gasteiger partial charge < -0.3 is 10.2 Å². The van der Waals surface area contributed by atoms with Crippen LogP contribution in [0.15, 0.2) is 10.7 Å². The molecule has 0 aromatic carbocycles. The number of nitrogens with zero attached hydrogens (tertiary/aromatic N) is 1. The van der Waals surface area contributed by atoms with Crippen LogP contribution in [0.5, 0.6) is 0 Å². The lowest BCUT2D eigenvalue weighted by Crippen LogP contribution is -2.18. The van der Waals surface area contributed by atoms with E-state index in [-0.39, 0.29) is 6.04 Å². The van der Waals surface area contributed by atoms with E-state index >= 15 is 0 Å². The number of rotatable bonds is 4. The summed E-state index contributed by atoms with van der Waals surface area (Å²) in [6.07, 6.45) is 6.17. The van der Waals surface area contributed by atoms with Crippen molar-refractivity contribution in [2.24, 2.45) is 11.7 Å². The van der Waals surface area contributed by atoms with Gasteiger partial charge in [-0.3, -0.25) is 0 Å². The largest absolute Gasteiger partial charge is 0.449 e. The van der Waals surface area contributed by atoms with E-state index in [2.05, 4.69) is 16.7 Å². The molecule has 1 saturated heterocycles. The third-order valence-corrected chi connectivity index (χ3v) is 3.98. The zero-order valence-electron chi connectivity index (χ0n) is 9.82. The van der Waals surface area contributed by atoms with Crippen LogP contribution in [0.1, 0.15) is 31.4 Å². The molecular weight excluding hydrogens is 220 g/mol. The molecule has 0 spiro atoms. The highest BCUT2D eigenvalue weighted by atomic mass is 32.2. The molecule has 90 valence electrons. The van der Waals surface area contributed by atoms with Gasteiger partial charge in [-0.2, -0.15) is 11.8 Å². The summed E-state index contributed by atoms with van der Waals surface area (Å²) in [7, 11) is 0. The lowest BCUT2D eigenvalue weighted by atomic mass is 9.99. The summed E-state index contributed by atoms with van der Waals surface area (Å²) < 4.78 is 5.49. The van der Waals surface area contributed by atoms with Gasteiger partial charge >= 0.3 is 0 Å². The fourth-order valence-corrected chi connectivity index (χ4v) is 3.27. The van der Waals surface area contributed by atoms with Crippen molar-refractivity contribution >= 4 is 11.8 Å². The second-order valence-corrected chi connectivity index (χ2v) is 5.90. The molecule has 0 aliphatic carbocycles. The zero-order valence-corrected chi connectivity index (χ0v) is 10.6. The van der Waals surface area contributed by atoms with Crippen molar-refractivity contribution < 1.29 is 4.42 Å². The van der Waals surface area contributed by atoms with E-state index in [1.165, 1.54) is 24.3 Å². The van der Waals surface area contributed by atoms with Crippen LogP contribution in [0.25, 0.3) is 0 Å². The quantitative estimate of drug-likeness (QED) is 0.877. The van der Waals surface area contributed by atoms with Crippen LogP contribution >= 0.6 is 11.8 Å². The fourth-order valence-electron chi connectivity index (χ4n) is 2.06. The average molecular weight is 240 g/mol. The van der Waals surface area contributed by atoms with Crippen molar-refractivity contribution in [3.8, 4) is 0 Å². The van der Waals surface area contributed by atoms with Crippen molar-refractivity contribution in [3.05, 3.63) is 17.8 Å². The highest BCUT2D eigenvalue weighted by molar-refractivity contribution is 7.99. The monoisotopic (exact) mass is 240 g/mol. The SMILES string of the molecule is CC(N)Cc1coc(CC2CCSCC2)n1. The van der Waals surface area contributed by atoms with Gasteiger partial charge in [-0.05, 0) is 37.2 Å².